The normalized spacial score (nSPS) is 25.6. The highest BCUT2D eigenvalue weighted by Gasteiger charge is 2.45. The first kappa shape index (κ1) is 13.7. The van der Waals surface area contributed by atoms with Crippen LogP contribution in [0.25, 0.3) is 0 Å². The number of rotatable bonds is 1. The third kappa shape index (κ3) is 2.14. The van der Waals surface area contributed by atoms with Crippen LogP contribution in [0, 0.1) is 0 Å². The lowest BCUT2D eigenvalue weighted by Crippen LogP contribution is -2.27. The summed E-state index contributed by atoms with van der Waals surface area (Å²) in [6.45, 7) is 0. The van der Waals surface area contributed by atoms with Crippen molar-refractivity contribution in [2.45, 2.75) is 50.0 Å². The second kappa shape index (κ2) is 5.08. The summed E-state index contributed by atoms with van der Waals surface area (Å²) in [7, 11) is 2.07. The van der Waals surface area contributed by atoms with E-state index < -0.39 is 0 Å². The molecule has 3 rings (SSSR count). The Bertz CT molecular complexity index is 396. The summed E-state index contributed by atoms with van der Waals surface area (Å²) < 4.78 is 0.967. The average molecular weight is 292 g/mol. The molecule has 0 aromatic carbocycles. The first-order valence-electron chi connectivity index (χ1n) is 6.22. The fraction of sp³-hybridized carbons (Fsp3) is 0.692. The number of hydrogen-bond acceptors (Lipinski definition) is 2. The Hall–Kier alpha value is 0.240. The van der Waals surface area contributed by atoms with Crippen molar-refractivity contribution >= 4 is 35.3 Å². The van der Waals surface area contributed by atoms with Crippen LogP contribution in [-0.2, 0) is 5.41 Å². The van der Waals surface area contributed by atoms with E-state index in [9.17, 15) is 0 Å². The molecule has 96 valence electrons. The Morgan fingerprint density at radius 2 is 2.06 bits per heavy atom. The summed E-state index contributed by atoms with van der Waals surface area (Å²) in [5.74, 6) is 0. The summed E-state index contributed by atoms with van der Waals surface area (Å²) in [6, 6.07) is 2.73. The second-order valence-electron chi connectivity index (χ2n) is 5.22. The van der Waals surface area contributed by atoms with Crippen molar-refractivity contribution in [3.63, 3.8) is 0 Å². The van der Waals surface area contributed by atoms with Crippen LogP contribution < -0.4 is 5.32 Å². The minimum Gasteiger partial charge on any atom is -0.313 e. The molecule has 1 aromatic rings. The quantitative estimate of drug-likeness (QED) is 0.792. The van der Waals surface area contributed by atoms with Crippen LogP contribution in [0.5, 0.6) is 0 Å². The van der Waals surface area contributed by atoms with E-state index in [4.69, 9.17) is 11.6 Å². The maximum atomic E-state index is 6.19. The molecule has 0 amide bonds. The van der Waals surface area contributed by atoms with Crippen molar-refractivity contribution in [3.8, 4) is 0 Å². The molecule has 17 heavy (non-hydrogen) atoms. The number of thiophene rings is 1. The predicted molar refractivity (Wildman–Crippen MR) is 77.8 cm³/mol. The lowest BCUT2D eigenvalue weighted by molar-refractivity contribution is 0.277. The molecule has 1 aromatic heterocycles. The summed E-state index contributed by atoms with van der Waals surface area (Å²) in [5.41, 5.74) is 1.96. The van der Waals surface area contributed by atoms with Crippen LogP contribution in [0.4, 0.5) is 0 Å². The van der Waals surface area contributed by atoms with E-state index in [1.54, 1.807) is 4.88 Å². The molecule has 2 aliphatic carbocycles. The Morgan fingerprint density at radius 1 is 1.35 bits per heavy atom. The van der Waals surface area contributed by atoms with E-state index in [0.717, 1.165) is 4.34 Å². The molecule has 1 heterocycles. The van der Waals surface area contributed by atoms with Gasteiger partial charge in [0.05, 0.1) is 4.34 Å². The van der Waals surface area contributed by atoms with E-state index in [-0.39, 0.29) is 12.4 Å². The Morgan fingerprint density at radius 3 is 2.71 bits per heavy atom. The molecule has 0 bridgehead atoms. The molecule has 2 aliphatic rings. The van der Waals surface area contributed by atoms with E-state index in [1.807, 2.05) is 11.3 Å². The van der Waals surface area contributed by atoms with Gasteiger partial charge in [0.2, 0.25) is 0 Å². The predicted octanol–water partition coefficient (Wildman–Crippen LogP) is 4.69. The van der Waals surface area contributed by atoms with Gasteiger partial charge in [0.15, 0.2) is 0 Å². The van der Waals surface area contributed by atoms with Gasteiger partial charge in [-0.15, -0.1) is 23.7 Å². The maximum absolute atomic E-state index is 6.19. The summed E-state index contributed by atoms with van der Waals surface area (Å²) in [4.78, 5) is 1.59. The van der Waals surface area contributed by atoms with Crippen molar-refractivity contribution in [1.82, 2.24) is 5.32 Å². The van der Waals surface area contributed by atoms with Gasteiger partial charge in [0.1, 0.15) is 0 Å². The van der Waals surface area contributed by atoms with Gasteiger partial charge in [-0.3, -0.25) is 0 Å². The highest BCUT2D eigenvalue weighted by atomic mass is 35.5. The lowest BCUT2D eigenvalue weighted by atomic mass is 9.73. The number of nitrogens with one attached hydrogen (secondary N) is 1. The van der Waals surface area contributed by atoms with E-state index in [1.165, 1.54) is 44.1 Å². The van der Waals surface area contributed by atoms with Crippen molar-refractivity contribution in [2.24, 2.45) is 0 Å². The zero-order chi connectivity index (χ0) is 11.2. The minimum absolute atomic E-state index is 0. The van der Waals surface area contributed by atoms with E-state index in [0.29, 0.717) is 11.5 Å². The fourth-order valence-electron chi connectivity index (χ4n) is 3.56. The van der Waals surface area contributed by atoms with Gasteiger partial charge in [-0.2, -0.15) is 0 Å². The van der Waals surface area contributed by atoms with Gasteiger partial charge in [0.25, 0.3) is 0 Å². The molecule has 1 fully saturated rings. The molecule has 4 heteroatoms. The molecule has 0 saturated heterocycles. The topological polar surface area (TPSA) is 12.0 Å². The molecule has 1 N–H and O–H groups in total. The van der Waals surface area contributed by atoms with Crippen LogP contribution in [0.1, 0.15) is 55.0 Å². The molecule has 0 radical (unpaired) electrons. The standard InChI is InChI=1S/C13H18ClNS.ClH/c1-15-10-8-13(5-3-2-4-6-13)12-9(10)7-11(14)16-12;/h7,10,15H,2-6,8H2,1H3;1H. The number of halogens is 2. The third-order valence-corrected chi connectivity index (χ3v) is 5.87. The minimum atomic E-state index is 0. The largest absolute Gasteiger partial charge is 0.313 e. The van der Waals surface area contributed by atoms with E-state index in [2.05, 4.69) is 18.4 Å². The van der Waals surface area contributed by atoms with Crippen LogP contribution in [-0.4, -0.2) is 7.05 Å². The Kier molecular flexibility index (Phi) is 4.09. The van der Waals surface area contributed by atoms with Gasteiger partial charge in [-0.05, 0) is 37.9 Å². The highest BCUT2D eigenvalue weighted by Crippen LogP contribution is 2.56. The van der Waals surface area contributed by atoms with Gasteiger partial charge in [0, 0.05) is 16.3 Å². The number of fused-ring (bicyclic) bond motifs is 2. The SMILES string of the molecule is CNC1CC2(CCCCC2)c2sc(Cl)cc21.Cl. The maximum Gasteiger partial charge on any atom is 0.0934 e. The van der Waals surface area contributed by atoms with Gasteiger partial charge < -0.3 is 5.32 Å². The smallest absolute Gasteiger partial charge is 0.0934 e. The highest BCUT2D eigenvalue weighted by molar-refractivity contribution is 7.16. The van der Waals surface area contributed by atoms with Gasteiger partial charge in [-0.1, -0.05) is 30.9 Å². The summed E-state index contributed by atoms with van der Waals surface area (Å²) in [6.07, 6.45) is 8.24. The van der Waals surface area contributed by atoms with Crippen LogP contribution in [0.3, 0.4) is 0 Å². The Balaban J connectivity index is 0.00000108. The van der Waals surface area contributed by atoms with Gasteiger partial charge >= 0.3 is 0 Å². The summed E-state index contributed by atoms with van der Waals surface area (Å²) >= 11 is 8.02. The van der Waals surface area contributed by atoms with Crippen molar-refractivity contribution in [1.29, 1.82) is 0 Å². The number of hydrogen-bond donors (Lipinski definition) is 1. The van der Waals surface area contributed by atoms with Crippen LogP contribution in [0.2, 0.25) is 4.34 Å². The monoisotopic (exact) mass is 291 g/mol. The lowest BCUT2D eigenvalue weighted by Gasteiger charge is -2.34. The van der Waals surface area contributed by atoms with Crippen molar-refractivity contribution < 1.29 is 0 Å². The average Bonchev–Trinajstić information content (AvgIpc) is 2.79. The summed E-state index contributed by atoms with van der Waals surface area (Å²) in [5, 5.41) is 3.45. The molecule has 1 atom stereocenters. The first-order chi connectivity index (χ1) is 7.75. The molecular formula is C13H19Cl2NS. The van der Waals surface area contributed by atoms with Crippen LogP contribution in [0.15, 0.2) is 6.07 Å². The van der Waals surface area contributed by atoms with Crippen molar-refractivity contribution in [3.05, 3.63) is 20.8 Å². The van der Waals surface area contributed by atoms with Gasteiger partial charge in [-0.25, -0.2) is 0 Å². The fourth-order valence-corrected chi connectivity index (χ4v) is 5.11. The second-order valence-corrected chi connectivity index (χ2v) is 6.90. The molecule has 1 saturated carbocycles. The molecule has 0 aliphatic heterocycles. The van der Waals surface area contributed by atoms with Crippen molar-refractivity contribution in [2.75, 3.05) is 7.05 Å². The van der Waals surface area contributed by atoms with Crippen LogP contribution >= 0.6 is 35.3 Å². The Labute approximate surface area is 118 Å². The third-order valence-electron chi connectivity index (χ3n) is 4.34. The van der Waals surface area contributed by atoms with E-state index >= 15 is 0 Å². The molecule has 1 spiro atoms. The molecule has 1 unspecified atom stereocenters. The molecular weight excluding hydrogens is 273 g/mol. The zero-order valence-corrected chi connectivity index (χ0v) is 12.5. The molecule has 1 nitrogen and oxygen atoms in total. The first-order valence-corrected chi connectivity index (χ1v) is 7.42. The zero-order valence-electron chi connectivity index (χ0n) is 10.1.